The van der Waals surface area contributed by atoms with Gasteiger partial charge in [0.1, 0.15) is 5.82 Å². The van der Waals surface area contributed by atoms with Crippen molar-refractivity contribution in [3.05, 3.63) is 53.7 Å². The van der Waals surface area contributed by atoms with Gasteiger partial charge in [-0.2, -0.15) is 0 Å². The molecule has 1 amide bonds. The van der Waals surface area contributed by atoms with Gasteiger partial charge in [-0.3, -0.25) is 4.79 Å². The van der Waals surface area contributed by atoms with Crippen molar-refractivity contribution < 1.29 is 4.79 Å². The van der Waals surface area contributed by atoms with Crippen molar-refractivity contribution in [2.45, 2.75) is 25.2 Å². The third-order valence-corrected chi connectivity index (χ3v) is 3.90. The van der Waals surface area contributed by atoms with E-state index in [2.05, 4.69) is 41.5 Å². The molecule has 1 heterocycles. The quantitative estimate of drug-likeness (QED) is 0.850. The predicted molar refractivity (Wildman–Crippen MR) is 84.1 cm³/mol. The second-order valence-corrected chi connectivity index (χ2v) is 5.80. The fourth-order valence-corrected chi connectivity index (χ4v) is 2.56. The molecule has 0 unspecified atom stereocenters. The lowest BCUT2D eigenvalue weighted by Crippen LogP contribution is -2.14. The van der Waals surface area contributed by atoms with Gasteiger partial charge in [-0.1, -0.05) is 23.8 Å². The number of pyridine rings is 1. The lowest BCUT2D eigenvalue weighted by Gasteiger charge is -2.06. The first-order valence-electron chi connectivity index (χ1n) is 6.56. The molecule has 0 aliphatic carbocycles. The van der Waals surface area contributed by atoms with Crippen LogP contribution in [0.1, 0.15) is 17.5 Å². The molecule has 104 valence electrons. The molecular formula is C16H18N2OS. The van der Waals surface area contributed by atoms with Crippen molar-refractivity contribution in [1.29, 1.82) is 0 Å². The molecule has 0 radical (unpaired) electrons. The number of thioether (sulfide) groups is 1. The molecule has 0 saturated heterocycles. The average Bonchev–Trinajstić information content (AvgIpc) is 2.44. The number of hydrogen-bond donors (Lipinski definition) is 1. The normalized spacial score (nSPS) is 10.3. The van der Waals surface area contributed by atoms with E-state index in [1.54, 1.807) is 18.0 Å². The Morgan fingerprint density at radius 3 is 2.65 bits per heavy atom. The molecule has 0 aliphatic heterocycles. The second-order valence-electron chi connectivity index (χ2n) is 4.63. The molecule has 1 N–H and O–H groups in total. The number of hydrogen-bond acceptors (Lipinski definition) is 3. The van der Waals surface area contributed by atoms with Gasteiger partial charge in [0.05, 0.1) is 0 Å². The first-order chi connectivity index (χ1) is 9.65. The summed E-state index contributed by atoms with van der Waals surface area (Å²) in [6.07, 6.45) is 2.16. The summed E-state index contributed by atoms with van der Waals surface area (Å²) in [7, 11) is 0. The summed E-state index contributed by atoms with van der Waals surface area (Å²) in [5, 5.41) is 2.84. The molecule has 2 aromatic rings. The molecule has 0 atom stereocenters. The molecule has 0 aliphatic rings. The number of nitrogens with one attached hydrogen (secondary N) is 1. The van der Waals surface area contributed by atoms with Gasteiger partial charge < -0.3 is 5.32 Å². The lowest BCUT2D eigenvalue weighted by molar-refractivity contribution is -0.115. The monoisotopic (exact) mass is 286 g/mol. The summed E-state index contributed by atoms with van der Waals surface area (Å²) in [4.78, 5) is 17.2. The molecule has 1 aromatic heterocycles. The van der Waals surface area contributed by atoms with Crippen molar-refractivity contribution in [2.75, 3.05) is 11.1 Å². The van der Waals surface area contributed by atoms with E-state index in [9.17, 15) is 4.79 Å². The number of rotatable bonds is 5. The summed E-state index contributed by atoms with van der Waals surface area (Å²) in [6, 6.07) is 12.1. The Bertz CT molecular complexity index is 581. The van der Waals surface area contributed by atoms with Crippen LogP contribution in [0, 0.1) is 13.8 Å². The molecular weight excluding hydrogens is 268 g/mol. The molecule has 1 aromatic carbocycles. The number of amides is 1. The number of benzene rings is 1. The van der Waals surface area contributed by atoms with E-state index >= 15 is 0 Å². The zero-order valence-electron chi connectivity index (χ0n) is 11.7. The van der Waals surface area contributed by atoms with Gasteiger partial charge >= 0.3 is 0 Å². The topological polar surface area (TPSA) is 42.0 Å². The molecule has 3 nitrogen and oxygen atoms in total. The number of carbonyl (C=O) groups excluding carboxylic acids is 1. The first-order valence-corrected chi connectivity index (χ1v) is 7.54. The highest BCUT2D eigenvalue weighted by Gasteiger charge is 2.05. The van der Waals surface area contributed by atoms with Gasteiger partial charge in [0.15, 0.2) is 0 Å². The molecule has 2 rings (SSSR count). The Morgan fingerprint density at radius 2 is 1.95 bits per heavy atom. The van der Waals surface area contributed by atoms with Gasteiger partial charge in [-0.25, -0.2) is 4.98 Å². The Morgan fingerprint density at radius 1 is 1.20 bits per heavy atom. The zero-order valence-corrected chi connectivity index (χ0v) is 12.5. The van der Waals surface area contributed by atoms with Crippen LogP contribution in [0.15, 0.2) is 47.5 Å². The van der Waals surface area contributed by atoms with Crippen molar-refractivity contribution in [3.63, 3.8) is 0 Å². The molecule has 20 heavy (non-hydrogen) atoms. The van der Waals surface area contributed by atoms with E-state index < -0.39 is 0 Å². The van der Waals surface area contributed by atoms with Gasteiger partial charge in [0.2, 0.25) is 5.91 Å². The van der Waals surface area contributed by atoms with Crippen LogP contribution in [0.2, 0.25) is 0 Å². The minimum atomic E-state index is 0.00594. The molecule has 0 spiro atoms. The molecule has 4 heteroatoms. The first kappa shape index (κ1) is 14.6. The Kier molecular flexibility index (Phi) is 5.18. The number of aryl methyl sites for hydroxylation is 2. The average molecular weight is 286 g/mol. The third kappa shape index (κ3) is 4.38. The van der Waals surface area contributed by atoms with Crippen molar-refractivity contribution in [2.24, 2.45) is 0 Å². The molecule has 0 fully saturated rings. The highest BCUT2D eigenvalue weighted by Crippen LogP contribution is 2.19. The van der Waals surface area contributed by atoms with Gasteiger partial charge in [-0.05, 0) is 37.6 Å². The van der Waals surface area contributed by atoms with Crippen molar-refractivity contribution >= 4 is 23.5 Å². The summed E-state index contributed by atoms with van der Waals surface area (Å²) in [6.45, 7) is 4.00. The zero-order chi connectivity index (χ0) is 14.4. The SMILES string of the molecule is Cc1ccc(SCCC(=O)Nc2ncccc2C)cc1. The van der Waals surface area contributed by atoms with Crippen LogP contribution in [0.25, 0.3) is 0 Å². The number of carbonyl (C=O) groups is 1. The third-order valence-electron chi connectivity index (χ3n) is 2.89. The van der Waals surface area contributed by atoms with Crippen LogP contribution in [-0.2, 0) is 4.79 Å². The van der Waals surface area contributed by atoms with E-state index in [0.717, 1.165) is 11.3 Å². The number of aromatic nitrogens is 1. The largest absolute Gasteiger partial charge is 0.310 e. The van der Waals surface area contributed by atoms with E-state index in [4.69, 9.17) is 0 Å². The minimum absolute atomic E-state index is 0.00594. The molecule has 0 bridgehead atoms. The maximum absolute atomic E-state index is 11.8. The summed E-state index contributed by atoms with van der Waals surface area (Å²) < 4.78 is 0. The van der Waals surface area contributed by atoms with Crippen LogP contribution in [0.3, 0.4) is 0 Å². The maximum Gasteiger partial charge on any atom is 0.226 e. The molecule has 0 saturated carbocycles. The van der Waals surface area contributed by atoms with Crippen LogP contribution in [0.4, 0.5) is 5.82 Å². The highest BCUT2D eigenvalue weighted by atomic mass is 32.2. The second kappa shape index (κ2) is 7.10. The van der Waals surface area contributed by atoms with E-state index in [0.29, 0.717) is 12.2 Å². The summed E-state index contributed by atoms with van der Waals surface area (Å²) in [5.41, 5.74) is 2.23. The minimum Gasteiger partial charge on any atom is -0.310 e. The van der Waals surface area contributed by atoms with Gasteiger partial charge in [0.25, 0.3) is 0 Å². The predicted octanol–water partition coefficient (Wildman–Crippen LogP) is 3.82. The van der Waals surface area contributed by atoms with Crippen molar-refractivity contribution in [1.82, 2.24) is 4.98 Å². The number of anilines is 1. The summed E-state index contributed by atoms with van der Waals surface area (Å²) >= 11 is 1.69. The van der Waals surface area contributed by atoms with E-state index in [1.165, 1.54) is 10.5 Å². The maximum atomic E-state index is 11.8. The fraction of sp³-hybridized carbons (Fsp3) is 0.250. The fourth-order valence-electron chi connectivity index (χ4n) is 1.71. The van der Waals surface area contributed by atoms with Crippen molar-refractivity contribution in [3.8, 4) is 0 Å². The highest BCUT2D eigenvalue weighted by molar-refractivity contribution is 7.99. The van der Waals surface area contributed by atoms with Crippen LogP contribution in [-0.4, -0.2) is 16.6 Å². The lowest BCUT2D eigenvalue weighted by atomic mass is 10.2. The Hall–Kier alpha value is -1.81. The van der Waals surface area contributed by atoms with Crippen LogP contribution >= 0.6 is 11.8 Å². The standard InChI is InChI=1S/C16H18N2OS/c1-12-5-7-14(8-6-12)20-11-9-15(19)18-16-13(2)4-3-10-17-16/h3-8,10H,9,11H2,1-2H3,(H,17,18,19). The van der Waals surface area contributed by atoms with Gasteiger partial charge in [-0.15, -0.1) is 11.8 Å². The van der Waals surface area contributed by atoms with E-state index in [1.807, 2.05) is 19.1 Å². The summed E-state index contributed by atoms with van der Waals surface area (Å²) in [5.74, 6) is 1.42. The smallest absolute Gasteiger partial charge is 0.226 e. The van der Waals surface area contributed by atoms with Crippen LogP contribution in [0.5, 0.6) is 0 Å². The van der Waals surface area contributed by atoms with E-state index in [-0.39, 0.29) is 5.91 Å². The Balaban J connectivity index is 1.78. The Labute approximate surface area is 123 Å². The number of nitrogens with zero attached hydrogens (tertiary/aromatic N) is 1. The van der Waals surface area contributed by atoms with Crippen LogP contribution < -0.4 is 5.32 Å². The van der Waals surface area contributed by atoms with Gasteiger partial charge in [0, 0.05) is 23.3 Å².